The Labute approximate surface area is 139 Å². The minimum absolute atomic E-state index is 0.266. The molecule has 2 rings (SSSR count). The van der Waals surface area contributed by atoms with Crippen molar-refractivity contribution in [1.29, 1.82) is 0 Å². The third-order valence-electron chi connectivity index (χ3n) is 3.65. The summed E-state index contributed by atoms with van der Waals surface area (Å²) in [4.78, 5) is 37.7. The van der Waals surface area contributed by atoms with E-state index in [1.54, 1.807) is 11.4 Å². The molecule has 126 valence electrons. The zero-order valence-corrected chi connectivity index (χ0v) is 13.9. The minimum atomic E-state index is -0.785. The first-order valence-electron chi connectivity index (χ1n) is 7.59. The van der Waals surface area contributed by atoms with Gasteiger partial charge in [0.2, 0.25) is 0 Å². The van der Waals surface area contributed by atoms with Crippen LogP contribution in [0.3, 0.4) is 0 Å². The van der Waals surface area contributed by atoms with Crippen LogP contribution in [-0.2, 0) is 14.3 Å². The zero-order chi connectivity index (χ0) is 16.7. The monoisotopic (exact) mass is 339 g/mol. The third kappa shape index (κ3) is 5.04. The molecule has 1 aromatic rings. The number of piperidine rings is 1. The highest BCUT2D eigenvalue weighted by molar-refractivity contribution is 7.12. The van der Waals surface area contributed by atoms with Gasteiger partial charge in [0, 0.05) is 13.1 Å². The van der Waals surface area contributed by atoms with E-state index in [-0.39, 0.29) is 10.6 Å². The number of hydrogen-bond acceptors (Lipinski definition) is 6. The van der Waals surface area contributed by atoms with E-state index in [1.807, 2.05) is 0 Å². The Hall–Kier alpha value is -1.93. The van der Waals surface area contributed by atoms with E-state index in [2.05, 4.69) is 20.3 Å². The summed E-state index contributed by atoms with van der Waals surface area (Å²) in [7, 11) is 1.26. The number of amides is 2. The van der Waals surface area contributed by atoms with Crippen LogP contribution in [0.15, 0.2) is 11.4 Å². The number of thiophene rings is 1. The summed E-state index contributed by atoms with van der Waals surface area (Å²) in [5.74, 6) is -2.03. The van der Waals surface area contributed by atoms with Crippen LogP contribution in [0.25, 0.3) is 0 Å². The summed E-state index contributed by atoms with van der Waals surface area (Å²) in [6, 6.07) is 1.57. The van der Waals surface area contributed by atoms with Gasteiger partial charge in [-0.15, -0.1) is 11.3 Å². The highest BCUT2D eigenvalue weighted by Gasteiger charge is 2.19. The van der Waals surface area contributed by atoms with Gasteiger partial charge in [-0.1, -0.05) is 6.42 Å². The Kier molecular flexibility index (Phi) is 6.54. The summed E-state index contributed by atoms with van der Waals surface area (Å²) in [5.41, 5.74) is 0.290. The van der Waals surface area contributed by atoms with Crippen molar-refractivity contribution < 1.29 is 19.1 Å². The number of likely N-dealkylation sites (tertiary alicyclic amines) is 1. The van der Waals surface area contributed by atoms with Gasteiger partial charge in [-0.05, 0) is 37.4 Å². The molecule has 0 unspecified atom stereocenters. The lowest BCUT2D eigenvalue weighted by Gasteiger charge is -2.26. The van der Waals surface area contributed by atoms with Crippen LogP contribution in [0, 0.1) is 0 Å². The van der Waals surface area contributed by atoms with Crippen molar-refractivity contribution in [3.05, 3.63) is 16.3 Å². The topological polar surface area (TPSA) is 87.7 Å². The Morgan fingerprint density at radius 1 is 1.22 bits per heavy atom. The largest absolute Gasteiger partial charge is 0.465 e. The fraction of sp³-hybridized carbons (Fsp3) is 0.533. The number of carbonyl (C=O) groups is 3. The van der Waals surface area contributed by atoms with Gasteiger partial charge in [0.25, 0.3) is 0 Å². The molecule has 8 heteroatoms. The fourth-order valence-electron chi connectivity index (χ4n) is 2.43. The molecule has 2 N–H and O–H groups in total. The summed E-state index contributed by atoms with van der Waals surface area (Å²) in [6.07, 6.45) is 3.63. The number of ether oxygens (including phenoxy) is 1. The van der Waals surface area contributed by atoms with Gasteiger partial charge in [0.1, 0.15) is 4.88 Å². The molecule has 1 aromatic heterocycles. The average Bonchev–Trinajstić information content (AvgIpc) is 3.03. The highest BCUT2D eigenvalue weighted by atomic mass is 32.1. The van der Waals surface area contributed by atoms with Gasteiger partial charge in [0.05, 0.1) is 12.8 Å². The van der Waals surface area contributed by atoms with Crippen molar-refractivity contribution in [3.63, 3.8) is 0 Å². The predicted octanol–water partition coefficient (Wildman–Crippen LogP) is 1.08. The molecule has 1 saturated heterocycles. The number of rotatable bonds is 5. The number of anilines is 1. The van der Waals surface area contributed by atoms with Gasteiger partial charge >= 0.3 is 17.8 Å². The van der Waals surface area contributed by atoms with Crippen molar-refractivity contribution in [3.8, 4) is 0 Å². The maximum absolute atomic E-state index is 11.9. The Morgan fingerprint density at radius 3 is 2.65 bits per heavy atom. The Bertz CT molecular complexity index is 567. The Balaban J connectivity index is 1.77. The molecule has 7 nitrogen and oxygen atoms in total. The molecule has 0 saturated carbocycles. The molecular formula is C15H21N3O4S. The molecule has 0 aliphatic carbocycles. The van der Waals surface area contributed by atoms with Gasteiger partial charge in [0.15, 0.2) is 0 Å². The maximum Gasteiger partial charge on any atom is 0.350 e. The fourth-order valence-corrected chi connectivity index (χ4v) is 3.19. The molecule has 0 bridgehead atoms. The first kappa shape index (κ1) is 17.4. The standard InChI is InChI=1S/C15H21N3O4S/c1-22-15(21)12-11(5-10-23-12)17-14(20)13(19)16-6-9-18-7-3-2-4-8-18/h5,10H,2-4,6-9H2,1H3,(H,16,19)(H,17,20). The number of esters is 1. The van der Waals surface area contributed by atoms with Crippen molar-refractivity contribution >= 4 is 34.8 Å². The molecule has 23 heavy (non-hydrogen) atoms. The van der Waals surface area contributed by atoms with Crippen LogP contribution in [0.5, 0.6) is 0 Å². The van der Waals surface area contributed by atoms with Crippen LogP contribution in [0.1, 0.15) is 28.9 Å². The zero-order valence-electron chi connectivity index (χ0n) is 13.1. The number of nitrogens with zero attached hydrogens (tertiary/aromatic N) is 1. The highest BCUT2D eigenvalue weighted by Crippen LogP contribution is 2.22. The summed E-state index contributed by atoms with van der Waals surface area (Å²) < 4.78 is 4.62. The van der Waals surface area contributed by atoms with E-state index in [9.17, 15) is 14.4 Å². The average molecular weight is 339 g/mol. The van der Waals surface area contributed by atoms with E-state index in [1.165, 1.54) is 26.4 Å². The van der Waals surface area contributed by atoms with Gasteiger partial charge < -0.3 is 20.3 Å². The Morgan fingerprint density at radius 2 is 1.96 bits per heavy atom. The van der Waals surface area contributed by atoms with Crippen molar-refractivity contribution in [2.75, 3.05) is 38.6 Å². The first-order valence-corrected chi connectivity index (χ1v) is 8.47. The molecule has 0 atom stereocenters. The second-order valence-corrected chi connectivity index (χ2v) is 6.18. The smallest absolute Gasteiger partial charge is 0.350 e. The molecule has 1 aliphatic heterocycles. The van der Waals surface area contributed by atoms with Crippen molar-refractivity contribution in [1.82, 2.24) is 10.2 Å². The quantitative estimate of drug-likeness (QED) is 0.619. The SMILES string of the molecule is COC(=O)c1sccc1NC(=O)C(=O)NCCN1CCCCC1. The molecular weight excluding hydrogens is 318 g/mol. The first-order chi connectivity index (χ1) is 11.1. The number of hydrogen-bond donors (Lipinski definition) is 2. The predicted molar refractivity (Wildman–Crippen MR) is 87.6 cm³/mol. The van der Waals surface area contributed by atoms with Crippen LogP contribution in [0.2, 0.25) is 0 Å². The molecule has 2 amide bonds. The molecule has 0 spiro atoms. The molecule has 0 radical (unpaired) electrons. The lowest BCUT2D eigenvalue weighted by molar-refractivity contribution is -0.136. The number of carbonyl (C=O) groups excluding carboxylic acids is 3. The van der Waals surface area contributed by atoms with Crippen molar-refractivity contribution in [2.45, 2.75) is 19.3 Å². The molecule has 1 fully saturated rings. The van der Waals surface area contributed by atoms with E-state index in [0.717, 1.165) is 31.0 Å². The summed E-state index contributed by atoms with van der Waals surface area (Å²) in [6.45, 7) is 3.25. The van der Waals surface area contributed by atoms with E-state index in [0.29, 0.717) is 6.54 Å². The number of nitrogens with one attached hydrogen (secondary N) is 2. The molecule has 1 aliphatic rings. The van der Waals surface area contributed by atoms with E-state index in [4.69, 9.17) is 0 Å². The van der Waals surface area contributed by atoms with Crippen LogP contribution < -0.4 is 10.6 Å². The molecule has 2 heterocycles. The second kappa shape index (κ2) is 8.64. The summed E-state index contributed by atoms with van der Waals surface area (Å²) in [5, 5.41) is 6.69. The van der Waals surface area contributed by atoms with Gasteiger partial charge in [-0.2, -0.15) is 0 Å². The minimum Gasteiger partial charge on any atom is -0.465 e. The van der Waals surface area contributed by atoms with Crippen molar-refractivity contribution in [2.24, 2.45) is 0 Å². The molecule has 0 aromatic carbocycles. The summed E-state index contributed by atoms with van der Waals surface area (Å²) >= 11 is 1.14. The second-order valence-electron chi connectivity index (χ2n) is 5.27. The maximum atomic E-state index is 11.9. The van der Waals surface area contributed by atoms with Crippen LogP contribution >= 0.6 is 11.3 Å². The normalized spacial score (nSPS) is 15.0. The van der Waals surface area contributed by atoms with Gasteiger partial charge in [-0.3, -0.25) is 9.59 Å². The van der Waals surface area contributed by atoms with Crippen LogP contribution in [0.4, 0.5) is 5.69 Å². The lowest BCUT2D eigenvalue weighted by atomic mass is 10.1. The van der Waals surface area contributed by atoms with Crippen LogP contribution in [-0.4, -0.2) is 56.0 Å². The van der Waals surface area contributed by atoms with E-state index >= 15 is 0 Å². The lowest BCUT2D eigenvalue weighted by Crippen LogP contribution is -2.41. The van der Waals surface area contributed by atoms with Gasteiger partial charge in [-0.25, -0.2) is 4.79 Å². The number of methoxy groups -OCH3 is 1. The third-order valence-corrected chi connectivity index (χ3v) is 4.55. The van der Waals surface area contributed by atoms with E-state index < -0.39 is 17.8 Å².